The zero-order valence-electron chi connectivity index (χ0n) is 12.0. The summed E-state index contributed by atoms with van der Waals surface area (Å²) in [4.78, 5) is 29.7. The van der Waals surface area contributed by atoms with Crippen molar-refractivity contribution in [2.24, 2.45) is 5.92 Å². The van der Waals surface area contributed by atoms with Crippen LogP contribution in [0, 0.1) is 5.92 Å². The van der Waals surface area contributed by atoms with Crippen molar-refractivity contribution in [1.82, 2.24) is 14.5 Å². The predicted molar refractivity (Wildman–Crippen MR) is 79.2 cm³/mol. The molecule has 124 valence electrons. The third-order valence-electron chi connectivity index (χ3n) is 3.98. The number of hydrogen-bond acceptors (Lipinski definition) is 4. The first-order valence-electron chi connectivity index (χ1n) is 7.13. The molecule has 3 rings (SSSR count). The maximum atomic E-state index is 12.8. The molecule has 1 atom stereocenters. The number of fused-ring (bicyclic) bond motifs is 1. The molecule has 0 radical (unpaired) electrons. The number of piperidine rings is 1. The molecule has 0 spiro atoms. The van der Waals surface area contributed by atoms with Crippen LogP contribution in [0.4, 0.5) is 13.2 Å². The SMILES string of the molecule is O=C(Cn1cnc2ccsc2c1=O)N1CCC[C@@H](C(F)(F)F)C1. The summed E-state index contributed by atoms with van der Waals surface area (Å²) in [5.41, 5.74) is 0.210. The molecular formula is C14H14F3N3O2S. The second-order valence-electron chi connectivity index (χ2n) is 5.53. The first kappa shape index (κ1) is 16.0. The van der Waals surface area contributed by atoms with E-state index < -0.39 is 18.0 Å². The van der Waals surface area contributed by atoms with Crippen LogP contribution in [0.3, 0.4) is 0 Å². The number of rotatable bonds is 2. The lowest BCUT2D eigenvalue weighted by Gasteiger charge is -2.33. The normalized spacial score (nSPS) is 19.3. The number of hydrogen-bond donors (Lipinski definition) is 0. The average Bonchev–Trinajstić information content (AvgIpc) is 2.99. The predicted octanol–water partition coefficient (Wildman–Crippen LogP) is 2.26. The van der Waals surface area contributed by atoms with Crippen molar-refractivity contribution < 1.29 is 18.0 Å². The van der Waals surface area contributed by atoms with Crippen molar-refractivity contribution in [1.29, 1.82) is 0 Å². The summed E-state index contributed by atoms with van der Waals surface area (Å²) < 4.78 is 40.0. The minimum Gasteiger partial charge on any atom is -0.341 e. The van der Waals surface area contributed by atoms with E-state index in [4.69, 9.17) is 0 Å². The van der Waals surface area contributed by atoms with Gasteiger partial charge in [0.05, 0.1) is 17.8 Å². The first-order chi connectivity index (χ1) is 10.9. The fourth-order valence-corrected chi connectivity index (χ4v) is 3.50. The Labute approximate surface area is 133 Å². The van der Waals surface area contributed by atoms with Gasteiger partial charge in [0.2, 0.25) is 5.91 Å². The molecule has 5 nitrogen and oxygen atoms in total. The number of nitrogens with zero attached hydrogens (tertiary/aromatic N) is 3. The minimum atomic E-state index is -4.30. The molecule has 0 bridgehead atoms. The highest BCUT2D eigenvalue weighted by molar-refractivity contribution is 7.17. The van der Waals surface area contributed by atoms with E-state index >= 15 is 0 Å². The fourth-order valence-electron chi connectivity index (χ4n) is 2.71. The Balaban J connectivity index is 1.75. The lowest BCUT2D eigenvalue weighted by atomic mass is 9.97. The monoisotopic (exact) mass is 345 g/mol. The van der Waals surface area contributed by atoms with Crippen molar-refractivity contribution in [2.75, 3.05) is 13.1 Å². The minimum absolute atomic E-state index is 0.0376. The molecule has 0 N–H and O–H groups in total. The largest absolute Gasteiger partial charge is 0.393 e. The number of carbonyl (C=O) groups excluding carboxylic acids is 1. The lowest BCUT2D eigenvalue weighted by molar-refractivity contribution is -0.188. The second-order valence-corrected chi connectivity index (χ2v) is 6.45. The van der Waals surface area contributed by atoms with Gasteiger partial charge >= 0.3 is 6.18 Å². The maximum absolute atomic E-state index is 12.8. The molecular weight excluding hydrogens is 331 g/mol. The summed E-state index contributed by atoms with van der Waals surface area (Å²) in [6, 6.07) is 1.70. The average molecular weight is 345 g/mol. The van der Waals surface area contributed by atoms with Crippen LogP contribution in [0.25, 0.3) is 10.2 Å². The number of thiophene rings is 1. The van der Waals surface area contributed by atoms with E-state index in [-0.39, 0.29) is 31.6 Å². The smallest absolute Gasteiger partial charge is 0.341 e. The van der Waals surface area contributed by atoms with Crippen LogP contribution in [0.1, 0.15) is 12.8 Å². The molecule has 1 aliphatic rings. The molecule has 1 amide bonds. The number of halogens is 3. The fraction of sp³-hybridized carbons (Fsp3) is 0.500. The van der Waals surface area contributed by atoms with Gasteiger partial charge in [-0.15, -0.1) is 11.3 Å². The summed E-state index contributed by atoms with van der Waals surface area (Å²) in [7, 11) is 0. The second kappa shape index (κ2) is 5.95. The standard InChI is InChI=1S/C14H14F3N3O2S/c15-14(16,17)9-2-1-4-19(6-9)11(21)7-20-8-18-10-3-5-23-12(10)13(20)22/h3,5,8-9H,1-2,4,6-7H2/t9-/m1/s1. The summed E-state index contributed by atoms with van der Waals surface area (Å²) >= 11 is 1.23. The van der Waals surface area contributed by atoms with Crippen LogP contribution in [-0.2, 0) is 11.3 Å². The Morgan fingerprint density at radius 3 is 2.96 bits per heavy atom. The van der Waals surface area contributed by atoms with Gasteiger partial charge in [-0.25, -0.2) is 4.98 Å². The zero-order valence-corrected chi connectivity index (χ0v) is 12.9. The summed E-state index contributed by atoms with van der Waals surface area (Å²) in [5.74, 6) is -1.98. The molecule has 1 aliphatic heterocycles. The van der Waals surface area contributed by atoms with Crippen LogP contribution in [0.2, 0.25) is 0 Å². The molecule has 0 aromatic carbocycles. The van der Waals surface area contributed by atoms with E-state index in [0.717, 1.165) is 4.57 Å². The number of likely N-dealkylation sites (tertiary alicyclic amines) is 1. The number of aromatic nitrogens is 2. The topological polar surface area (TPSA) is 55.2 Å². The Morgan fingerprint density at radius 2 is 2.22 bits per heavy atom. The third kappa shape index (κ3) is 3.24. The van der Waals surface area contributed by atoms with Gasteiger partial charge in [-0.3, -0.25) is 14.2 Å². The molecule has 3 heterocycles. The van der Waals surface area contributed by atoms with Crippen LogP contribution in [0.15, 0.2) is 22.6 Å². The van der Waals surface area contributed by atoms with Crippen LogP contribution >= 0.6 is 11.3 Å². The number of amides is 1. The van der Waals surface area contributed by atoms with Gasteiger partial charge in [0, 0.05) is 13.1 Å². The van der Waals surface area contributed by atoms with Gasteiger partial charge in [-0.2, -0.15) is 13.2 Å². The van der Waals surface area contributed by atoms with E-state index in [1.54, 1.807) is 11.4 Å². The summed E-state index contributed by atoms with van der Waals surface area (Å²) in [5, 5.41) is 1.73. The highest BCUT2D eigenvalue weighted by Crippen LogP contribution is 2.33. The first-order valence-corrected chi connectivity index (χ1v) is 8.01. The zero-order chi connectivity index (χ0) is 16.6. The van der Waals surface area contributed by atoms with E-state index in [9.17, 15) is 22.8 Å². The third-order valence-corrected chi connectivity index (χ3v) is 4.87. The van der Waals surface area contributed by atoms with Crippen LogP contribution < -0.4 is 5.56 Å². The van der Waals surface area contributed by atoms with Crippen LogP contribution in [-0.4, -0.2) is 39.6 Å². The molecule has 0 saturated carbocycles. The van der Waals surface area contributed by atoms with Crippen molar-refractivity contribution in [2.45, 2.75) is 25.6 Å². The Kier molecular flexibility index (Phi) is 4.13. The van der Waals surface area contributed by atoms with Gasteiger partial charge in [0.1, 0.15) is 11.2 Å². The van der Waals surface area contributed by atoms with Crippen molar-refractivity contribution in [3.8, 4) is 0 Å². The molecule has 2 aromatic heterocycles. The molecule has 23 heavy (non-hydrogen) atoms. The molecule has 0 unspecified atom stereocenters. The Morgan fingerprint density at radius 1 is 1.43 bits per heavy atom. The van der Waals surface area contributed by atoms with Gasteiger partial charge < -0.3 is 4.90 Å². The highest BCUT2D eigenvalue weighted by Gasteiger charge is 2.42. The molecule has 1 saturated heterocycles. The van der Waals surface area contributed by atoms with E-state index in [2.05, 4.69) is 4.98 Å². The summed E-state index contributed by atoms with van der Waals surface area (Å²) in [6.45, 7) is -0.342. The highest BCUT2D eigenvalue weighted by atomic mass is 32.1. The van der Waals surface area contributed by atoms with Gasteiger partial charge in [-0.1, -0.05) is 0 Å². The summed E-state index contributed by atoms with van der Waals surface area (Å²) in [6.07, 6.45) is -2.68. The van der Waals surface area contributed by atoms with Gasteiger partial charge in [0.25, 0.3) is 5.56 Å². The Hall–Kier alpha value is -1.90. The van der Waals surface area contributed by atoms with Crippen molar-refractivity contribution in [3.05, 3.63) is 28.1 Å². The number of alkyl halides is 3. The molecule has 0 aliphatic carbocycles. The van der Waals surface area contributed by atoms with Gasteiger partial charge in [-0.05, 0) is 24.3 Å². The van der Waals surface area contributed by atoms with Gasteiger partial charge in [0.15, 0.2) is 0 Å². The molecule has 2 aromatic rings. The maximum Gasteiger partial charge on any atom is 0.393 e. The lowest BCUT2D eigenvalue weighted by Crippen LogP contribution is -2.46. The quantitative estimate of drug-likeness (QED) is 0.839. The van der Waals surface area contributed by atoms with Crippen molar-refractivity contribution in [3.63, 3.8) is 0 Å². The van der Waals surface area contributed by atoms with E-state index in [1.807, 2.05) is 0 Å². The van der Waals surface area contributed by atoms with Crippen molar-refractivity contribution >= 4 is 27.5 Å². The van der Waals surface area contributed by atoms with E-state index in [1.165, 1.54) is 22.6 Å². The molecule has 9 heteroatoms. The van der Waals surface area contributed by atoms with Crippen LogP contribution in [0.5, 0.6) is 0 Å². The number of carbonyl (C=O) groups is 1. The van der Waals surface area contributed by atoms with E-state index in [0.29, 0.717) is 16.6 Å². The molecule has 1 fully saturated rings. The Bertz CT molecular complexity index is 783.